The fraction of sp³-hybridized carbons (Fsp3) is 0.500. The summed E-state index contributed by atoms with van der Waals surface area (Å²) in [7, 11) is 0. The van der Waals surface area contributed by atoms with Gasteiger partial charge in [0.2, 0.25) is 0 Å². The molecule has 0 saturated carbocycles. The van der Waals surface area contributed by atoms with Crippen molar-refractivity contribution in [2.75, 3.05) is 0 Å². The van der Waals surface area contributed by atoms with Crippen molar-refractivity contribution >= 4 is 12.6 Å². The number of carbonyl (C=O) groups excluding carboxylic acids is 3. The number of hydrogen-bond donors (Lipinski definition) is 0. The fourth-order valence-corrected chi connectivity index (χ4v) is 0. The monoisotopic (exact) mass is 202 g/mol. The molecule has 0 aliphatic carbocycles. The largest absolute Gasteiger partial charge is 1.00 e. The minimum atomic E-state index is -0.181. The summed E-state index contributed by atoms with van der Waals surface area (Å²) in [6.45, 7) is -0.181. The fourth-order valence-electron chi connectivity index (χ4n) is 0. The predicted molar refractivity (Wildman–Crippen MR) is 30.3 cm³/mol. The summed E-state index contributed by atoms with van der Waals surface area (Å²) in [6, 6.07) is 0. The molecule has 0 aromatic carbocycles. The van der Waals surface area contributed by atoms with E-state index in [1.165, 1.54) is 0 Å². The summed E-state index contributed by atoms with van der Waals surface area (Å²) in [6.07, 6.45) is 0.250. The third kappa shape index (κ3) is 328. The minimum absolute atomic E-state index is 0. The second-order valence-corrected chi connectivity index (χ2v) is 0.276. The Balaban J connectivity index is -0.00000000444. The van der Waals surface area contributed by atoms with Gasteiger partial charge in [0.25, 0.3) is 6.47 Å². The van der Waals surface area contributed by atoms with Crippen molar-refractivity contribution in [3.63, 3.8) is 0 Å². The van der Waals surface area contributed by atoms with E-state index in [4.69, 9.17) is 19.6 Å². The Morgan fingerprint density at radius 3 is 1.33 bits per heavy atom. The average Bonchev–Trinajstić information content (AvgIpc) is 1.69. The van der Waals surface area contributed by atoms with E-state index in [1.54, 1.807) is 0 Å². The summed E-state index contributed by atoms with van der Waals surface area (Å²) in [5.41, 5.74) is 0. The molecule has 0 heterocycles. The van der Waals surface area contributed by atoms with Gasteiger partial charge in [0.15, 0.2) is 0 Å². The van der Waals surface area contributed by atoms with Crippen LogP contribution >= 0.6 is 0 Å². The summed E-state index contributed by atoms with van der Waals surface area (Å²) >= 11 is 0. The zero-order valence-electron chi connectivity index (χ0n) is 6.62. The normalized spacial score (nSPS) is 2.42. The number of carbonyl (C=O) groups is 1. The van der Waals surface area contributed by atoms with Crippen LogP contribution in [0.15, 0.2) is 0 Å². The molecule has 0 spiro atoms. The van der Waals surface area contributed by atoms with E-state index >= 15 is 0 Å². The summed E-state index contributed by atoms with van der Waals surface area (Å²) in [5, 5.41) is 8.43. The SMILES string of the molecule is C.C.O.O=C=O.O=CO[O-].[H+].[Na+].[Na+]. The Labute approximate surface area is 117 Å². The first-order valence-corrected chi connectivity index (χ1v) is 1.05. The molecule has 0 radical (unpaired) electrons. The summed E-state index contributed by atoms with van der Waals surface area (Å²) in [5.74, 6) is 0. The summed E-state index contributed by atoms with van der Waals surface area (Å²) in [4.78, 5) is 27.5. The van der Waals surface area contributed by atoms with Crippen molar-refractivity contribution in [2.45, 2.75) is 14.9 Å². The Morgan fingerprint density at radius 2 is 1.33 bits per heavy atom. The Bertz CT molecular complexity index is 77.0. The van der Waals surface area contributed by atoms with Crippen LogP contribution in [0.25, 0.3) is 0 Å². The zero-order valence-corrected chi connectivity index (χ0v) is 9.62. The Kier molecular flexibility index (Phi) is 425. The molecule has 12 heavy (non-hydrogen) atoms. The van der Waals surface area contributed by atoms with Gasteiger partial charge in [-0.15, -0.1) is 0 Å². The van der Waals surface area contributed by atoms with E-state index in [9.17, 15) is 0 Å². The van der Waals surface area contributed by atoms with E-state index < -0.39 is 0 Å². The first kappa shape index (κ1) is 53.1. The molecule has 0 atom stereocenters. The molecule has 0 unspecified atom stereocenters. The van der Waals surface area contributed by atoms with Gasteiger partial charge in [-0.1, -0.05) is 14.9 Å². The van der Waals surface area contributed by atoms with Gasteiger partial charge in [0.05, 0.1) is 0 Å². The molecule has 2 N–H and O–H groups in total. The smallest absolute Gasteiger partial charge is 0.662 e. The van der Waals surface area contributed by atoms with Crippen LogP contribution in [0.2, 0.25) is 0 Å². The molecule has 0 aliphatic heterocycles. The van der Waals surface area contributed by atoms with Crippen LogP contribution in [-0.2, 0) is 19.3 Å². The Morgan fingerprint density at radius 1 is 1.25 bits per heavy atom. The van der Waals surface area contributed by atoms with Crippen molar-refractivity contribution in [3.05, 3.63) is 0 Å². The maximum Gasteiger partial charge on any atom is 1.00 e. The molecule has 0 aromatic heterocycles. The molecule has 0 rings (SSSR count). The maximum atomic E-state index is 8.64. The van der Waals surface area contributed by atoms with Crippen molar-refractivity contribution in [2.24, 2.45) is 0 Å². The van der Waals surface area contributed by atoms with Gasteiger partial charge >= 0.3 is 66.7 Å². The van der Waals surface area contributed by atoms with E-state index in [0.29, 0.717) is 0 Å². The van der Waals surface area contributed by atoms with Crippen LogP contribution in [-0.4, -0.2) is 18.1 Å². The third-order valence-electron chi connectivity index (χ3n) is 0.0393. The van der Waals surface area contributed by atoms with Gasteiger partial charge < -0.3 is 15.6 Å². The van der Waals surface area contributed by atoms with Gasteiger partial charge in [0, 0.05) is 0 Å². The van der Waals surface area contributed by atoms with Crippen molar-refractivity contribution < 1.29 is 90.5 Å². The molecule has 0 bridgehead atoms. The van der Waals surface area contributed by atoms with Gasteiger partial charge in [0.1, 0.15) is 0 Å². The van der Waals surface area contributed by atoms with E-state index in [1.807, 2.05) is 0 Å². The second kappa shape index (κ2) is 96.1. The van der Waals surface area contributed by atoms with Crippen LogP contribution in [0.4, 0.5) is 0 Å². The molecule has 64 valence electrons. The van der Waals surface area contributed by atoms with Gasteiger partial charge in [-0.2, -0.15) is 9.59 Å². The zero-order chi connectivity index (χ0) is 6.12. The maximum absolute atomic E-state index is 8.64. The van der Waals surface area contributed by atoms with E-state index in [0.717, 1.165) is 0 Å². The van der Waals surface area contributed by atoms with Gasteiger partial charge in [-0.25, -0.2) is 0 Å². The Hall–Kier alpha value is 0.770. The standard InChI is InChI=1S/CH2O3.CO2.2CH4.2Na.H2O/c2-1-4-3;2-1-3;;;;;/h1,3H;;2*1H4;;;1H2/q;;;;2*+1;. The van der Waals surface area contributed by atoms with E-state index in [-0.39, 0.29) is 93.5 Å². The van der Waals surface area contributed by atoms with Gasteiger partial charge in [-0.05, 0) is 0 Å². The molecule has 0 aliphatic rings. The molecule has 0 saturated heterocycles. The third-order valence-corrected chi connectivity index (χ3v) is 0.0393. The molecule has 8 heteroatoms. The molecule has 0 aromatic rings. The summed E-state index contributed by atoms with van der Waals surface area (Å²) < 4.78 is 0. The van der Waals surface area contributed by atoms with Gasteiger partial charge in [-0.3, -0.25) is 4.79 Å². The minimum Gasteiger partial charge on any atom is -0.662 e. The van der Waals surface area contributed by atoms with Crippen molar-refractivity contribution in [1.29, 1.82) is 0 Å². The molecule has 0 fully saturated rings. The topological polar surface area (TPSA) is 115 Å². The van der Waals surface area contributed by atoms with Crippen LogP contribution < -0.4 is 64.4 Å². The van der Waals surface area contributed by atoms with Crippen LogP contribution in [0.3, 0.4) is 0 Å². The van der Waals surface area contributed by atoms with E-state index in [2.05, 4.69) is 4.89 Å². The predicted octanol–water partition coefficient (Wildman–Crippen LogP) is -7.58. The first-order valence-electron chi connectivity index (χ1n) is 1.05. The second-order valence-electron chi connectivity index (χ2n) is 0.276. The van der Waals surface area contributed by atoms with Crippen LogP contribution in [0.1, 0.15) is 16.3 Å². The first-order chi connectivity index (χ1) is 3.33. The van der Waals surface area contributed by atoms with Crippen LogP contribution in [0.5, 0.6) is 0 Å². The van der Waals surface area contributed by atoms with Crippen LogP contribution in [0, 0.1) is 0 Å². The average molecular weight is 202 g/mol. The van der Waals surface area contributed by atoms with Crippen molar-refractivity contribution in [1.82, 2.24) is 0 Å². The molecular weight excluding hydrogens is 190 g/mol. The van der Waals surface area contributed by atoms with Crippen molar-refractivity contribution in [3.8, 4) is 0 Å². The quantitative estimate of drug-likeness (QED) is 0.181. The number of hydrogen-bond acceptors (Lipinski definition) is 5. The molecule has 0 amide bonds. The molecular formula is C4H12Na2O6+2. The number of rotatable bonds is 1. The molecule has 6 nitrogen and oxygen atoms in total.